The van der Waals surface area contributed by atoms with E-state index in [1.54, 1.807) is 12.1 Å². The third-order valence-electron chi connectivity index (χ3n) is 2.81. The van der Waals surface area contributed by atoms with Crippen LogP contribution in [0.4, 0.5) is 14.5 Å². The zero-order chi connectivity index (χ0) is 17.0. The molecule has 0 saturated heterocycles. The fourth-order valence-electron chi connectivity index (χ4n) is 1.82. The molecule has 0 bridgehead atoms. The van der Waals surface area contributed by atoms with Crippen molar-refractivity contribution >= 4 is 33.2 Å². The summed E-state index contributed by atoms with van der Waals surface area (Å²) in [6.45, 7) is 0. The van der Waals surface area contributed by atoms with Crippen molar-refractivity contribution in [1.29, 1.82) is 0 Å². The number of hydrogen-bond donors (Lipinski definition) is 1. The number of sulfone groups is 1. The number of nitrogens with one attached hydrogen (secondary N) is 1. The summed E-state index contributed by atoms with van der Waals surface area (Å²) in [5.41, 5.74) is 0.167. The van der Waals surface area contributed by atoms with E-state index in [4.69, 9.17) is 0 Å². The summed E-state index contributed by atoms with van der Waals surface area (Å²) in [6.07, 6.45) is 1.04. The summed E-state index contributed by atoms with van der Waals surface area (Å²) in [5, 5.41) is 2.48. The van der Waals surface area contributed by atoms with Crippen LogP contribution in [0, 0.1) is 11.6 Å². The van der Waals surface area contributed by atoms with Gasteiger partial charge >= 0.3 is 0 Å². The Bertz CT molecular complexity index is 838. The van der Waals surface area contributed by atoms with E-state index in [2.05, 4.69) is 5.32 Å². The van der Waals surface area contributed by atoms with Crippen LogP contribution in [-0.2, 0) is 14.6 Å². The number of para-hydroxylation sites is 1. The summed E-state index contributed by atoms with van der Waals surface area (Å²) < 4.78 is 49.6. The van der Waals surface area contributed by atoms with Crippen LogP contribution in [0.3, 0.4) is 0 Å². The van der Waals surface area contributed by atoms with E-state index < -0.39 is 27.4 Å². The Labute approximate surface area is 136 Å². The quantitative estimate of drug-likeness (QED) is 0.835. The van der Waals surface area contributed by atoms with E-state index in [-0.39, 0.29) is 21.2 Å². The molecule has 0 radical (unpaired) electrons. The Balaban J connectivity index is 2.06. The van der Waals surface area contributed by atoms with Crippen LogP contribution in [0.25, 0.3) is 0 Å². The van der Waals surface area contributed by atoms with Gasteiger partial charge in [0.15, 0.2) is 9.84 Å². The molecule has 8 heteroatoms. The molecule has 1 amide bonds. The van der Waals surface area contributed by atoms with Gasteiger partial charge in [-0.25, -0.2) is 17.2 Å². The molecule has 4 nitrogen and oxygen atoms in total. The van der Waals surface area contributed by atoms with E-state index in [1.807, 2.05) is 0 Å². The molecule has 0 aromatic heterocycles. The fourth-order valence-corrected chi connectivity index (χ4v) is 3.38. The number of halogens is 2. The minimum atomic E-state index is -3.48. The van der Waals surface area contributed by atoms with Gasteiger partial charge in [-0.1, -0.05) is 12.1 Å². The maximum atomic E-state index is 13.5. The number of amides is 1. The second-order valence-electron chi connectivity index (χ2n) is 4.68. The Morgan fingerprint density at radius 3 is 2.52 bits per heavy atom. The minimum absolute atomic E-state index is 0.00585. The van der Waals surface area contributed by atoms with Crippen LogP contribution in [-0.4, -0.2) is 26.3 Å². The molecular weight excluding hydrogens is 344 g/mol. The van der Waals surface area contributed by atoms with Gasteiger partial charge < -0.3 is 5.32 Å². The van der Waals surface area contributed by atoms with Crippen molar-refractivity contribution in [2.75, 3.05) is 17.3 Å². The summed E-state index contributed by atoms with van der Waals surface area (Å²) in [6, 6.07) is 9.08. The Hall–Kier alpha value is -1.93. The maximum absolute atomic E-state index is 13.5. The summed E-state index contributed by atoms with van der Waals surface area (Å²) in [4.78, 5) is 12.1. The highest BCUT2D eigenvalue weighted by atomic mass is 32.2. The SMILES string of the molecule is CS(=O)(=O)c1ccccc1NC(=O)CSc1ccc(F)cc1F. The van der Waals surface area contributed by atoms with Gasteiger partial charge in [0.1, 0.15) is 11.6 Å². The van der Waals surface area contributed by atoms with E-state index >= 15 is 0 Å². The molecule has 23 heavy (non-hydrogen) atoms. The van der Waals surface area contributed by atoms with Crippen molar-refractivity contribution in [3.05, 3.63) is 54.1 Å². The Morgan fingerprint density at radius 2 is 1.87 bits per heavy atom. The summed E-state index contributed by atoms with van der Waals surface area (Å²) >= 11 is 0.893. The molecule has 0 spiro atoms. The monoisotopic (exact) mass is 357 g/mol. The second-order valence-corrected chi connectivity index (χ2v) is 7.68. The smallest absolute Gasteiger partial charge is 0.234 e. The molecule has 0 aliphatic carbocycles. The van der Waals surface area contributed by atoms with Crippen LogP contribution in [0.1, 0.15) is 0 Å². The van der Waals surface area contributed by atoms with E-state index in [1.165, 1.54) is 18.2 Å². The van der Waals surface area contributed by atoms with Gasteiger partial charge in [0.25, 0.3) is 0 Å². The third kappa shape index (κ3) is 4.77. The molecule has 0 aliphatic heterocycles. The molecule has 0 unspecified atom stereocenters. The normalized spacial score (nSPS) is 11.3. The van der Waals surface area contributed by atoms with Crippen LogP contribution in [0.15, 0.2) is 52.3 Å². The molecule has 0 atom stereocenters. The molecule has 1 N–H and O–H groups in total. The van der Waals surface area contributed by atoms with Gasteiger partial charge in [-0.3, -0.25) is 4.79 Å². The Kier molecular flexibility index (Phi) is 5.38. The van der Waals surface area contributed by atoms with Crippen molar-refractivity contribution in [2.45, 2.75) is 9.79 Å². The van der Waals surface area contributed by atoms with Crippen molar-refractivity contribution in [3.8, 4) is 0 Å². The number of rotatable bonds is 5. The first kappa shape index (κ1) is 17.4. The van der Waals surface area contributed by atoms with Crippen molar-refractivity contribution in [1.82, 2.24) is 0 Å². The molecule has 0 aliphatic rings. The lowest BCUT2D eigenvalue weighted by molar-refractivity contribution is -0.113. The summed E-state index contributed by atoms with van der Waals surface area (Å²) in [5.74, 6) is -2.08. The minimum Gasteiger partial charge on any atom is -0.324 e. The first-order valence-electron chi connectivity index (χ1n) is 6.44. The highest BCUT2D eigenvalue weighted by Gasteiger charge is 2.15. The van der Waals surface area contributed by atoms with Crippen molar-refractivity contribution in [3.63, 3.8) is 0 Å². The predicted molar refractivity (Wildman–Crippen MR) is 85.3 cm³/mol. The first-order chi connectivity index (χ1) is 10.8. The van der Waals surface area contributed by atoms with E-state index in [0.717, 1.165) is 30.2 Å². The van der Waals surface area contributed by atoms with Crippen molar-refractivity contribution < 1.29 is 22.0 Å². The number of thioether (sulfide) groups is 1. The summed E-state index contributed by atoms with van der Waals surface area (Å²) in [7, 11) is -3.48. The average molecular weight is 357 g/mol. The van der Waals surface area contributed by atoms with Gasteiger partial charge in [0.2, 0.25) is 5.91 Å². The number of carbonyl (C=O) groups is 1. The maximum Gasteiger partial charge on any atom is 0.234 e. The lowest BCUT2D eigenvalue weighted by Crippen LogP contribution is -2.16. The van der Waals surface area contributed by atoms with Crippen LogP contribution >= 0.6 is 11.8 Å². The highest BCUT2D eigenvalue weighted by Crippen LogP contribution is 2.24. The van der Waals surface area contributed by atoms with E-state index in [9.17, 15) is 22.0 Å². The Morgan fingerprint density at radius 1 is 1.17 bits per heavy atom. The molecule has 2 aromatic carbocycles. The molecule has 2 rings (SSSR count). The first-order valence-corrected chi connectivity index (χ1v) is 9.32. The number of carbonyl (C=O) groups excluding carboxylic acids is 1. The standard InChI is InChI=1S/C15H13F2NO3S2/c1-23(20,21)14-5-3-2-4-12(14)18-15(19)9-22-13-7-6-10(16)8-11(13)17/h2-8H,9H2,1H3,(H,18,19). The fraction of sp³-hybridized carbons (Fsp3) is 0.133. The number of anilines is 1. The predicted octanol–water partition coefficient (Wildman–Crippen LogP) is 3.10. The van der Waals surface area contributed by atoms with Crippen LogP contribution < -0.4 is 5.32 Å². The van der Waals surface area contributed by atoms with Crippen LogP contribution in [0.2, 0.25) is 0 Å². The second kappa shape index (κ2) is 7.10. The largest absolute Gasteiger partial charge is 0.324 e. The lowest BCUT2D eigenvalue weighted by atomic mass is 10.3. The lowest BCUT2D eigenvalue weighted by Gasteiger charge is -2.09. The molecule has 0 fully saturated rings. The molecule has 122 valence electrons. The average Bonchev–Trinajstić information content (AvgIpc) is 2.46. The molecular formula is C15H13F2NO3S2. The number of hydrogen-bond acceptors (Lipinski definition) is 4. The van der Waals surface area contributed by atoms with Gasteiger partial charge in [0, 0.05) is 17.2 Å². The highest BCUT2D eigenvalue weighted by molar-refractivity contribution is 8.00. The van der Waals surface area contributed by atoms with Gasteiger partial charge in [-0.05, 0) is 24.3 Å². The zero-order valence-electron chi connectivity index (χ0n) is 12.0. The van der Waals surface area contributed by atoms with Crippen LogP contribution in [0.5, 0.6) is 0 Å². The van der Waals surface area contributed by atoms with E-state index in [0.29, 0.717) is 0 Å². The van der Waals surface area contributed by atoms with Gasteiger partial charge in [-0.2, -0.15) is 0 Å². The van der Waals surface area contributed by atoms with Crippen molar-refractivity contribution in [2.24, 2.45) is 0 Å². The third-order valence-corrected chi connectivity index (χ3v) is 5.02. The molecule has 0 heterocycles. The number of benzene rings is 2. The molecule has 2 aromatic rings. The zero-order valence-corrected chi connectivity index (χ0v) is 13.7. The van der Waals surface area contributed by atoms with Gasteiger partial charge in [-0.15, -0.1) is 11.8 Å². The van der Waals surface area contributed by atoms with Gasteiger partial charge in [0.05, 0.1) is 16.3 Å². The topological polar surface area (TPSA) is 63.2 Å². The molecule has 0 saturated carbocycles.